The molecule has 10 aromatic carbocycles. The van der Waals surface area contributed by atoms with Crippen LogP contribution in [0.4, 0.5) is 52.7 Å². The van der Waals surface area contributed by atoms with Gasteiger partial charge in [0.2, 0.25) is 0 Å². The predicted octanol–water partition coefficient (Wildman–Crippen LogP) is 20.1. The van der Waals surface area contributed by atoms with E-state index in [1.165, 1.54) is 36.4 Å². The monoisotopic (exact) mass is 1140 g/mol. The smallest absolute Gasteiger partial charge is 0.309 e. The van der Waals surface area contributed by atoms with E-state index < -0.39 is 58.1 Å². The van der Waals surface area contributed by atoms with Crippen molar-refractivity contribution >= 4 is 43.6 Å². The summed E-state index contributed by atoms with van der Waals surface area (Å²) in [5.74, 6) is 0.733. The second kappa shape index (κ2) is 19.9. The average molecular weight is 1140 g/mol. The Morgan fingerprint density at radius 2 is 0.655 bits per heavy atom. The lowest BCUT2D eigenvalue weighted by Gasteiger charge is -2.18. The first-order valence-corrected chi connectivity index (χ1v) is 25.9. The minimum atomic E-state index is -5.29. The topological polar surface area (TPSA) is 48.5 Å². The zero-order chi connectivity index (χ0) is 58.5. The Bertz CT molecular complexity index is 4520. The molecule has 0 bridgehead atoms. The molecule has 17 heteroatoms. The van der Waals surface area contributed by atoms with Crippen molar-refractivity contribution in [3.63, 3.8) is 0 Å². The summed E-state index contributed by atoms with van der Waals surface area (Å²) in [5, 5.41) is 2.17. The third kappa shape index (κ3) is 9.54. The van der Waals surface area contributed by atoms with Crippen LogP contribution in [0.25, 0.3) is 123 Å². The number of alkyl halides is 12. The minimum absolute atomic E-state index is 0.0131. The van der Waals surface area contributed by atoms with Crippen molar-refractivity contribution in [1.29, 1.82) is 0 Å². The molecule has 5 nitrogen and oxygen atoms in total. The molecule has 0 radical (unpaired) electrons. The van der Waals surface area contributed by atoms with Gasteiger partial charge in [-0.3, -0.25) is 0 Å². The lowest BCUT2D eigenvalue weighted by Crippen LogP contribution is -2.12. The first-order chi connectivity index (χ1) is 40.2. The van der Waals surface area contributed by atoms with Crippen molar-refractivity contribution < 1.29 is 52.7 Å². The first kappa shape index (κ1) is 53.3. The maximum atomic E-state index is 14.9. The maximum Gasteiger partial charge on any atom is 0.417 e. The fourth-order valence-electron chi connectivity index (χ4n) is 11.1. The van der Waals surface area contributed by atoms with Gasteiger partial charge in [0.25, 0.3) is 0 Å². The third-order valence-electron chi connectivity index (χ3n) is 14.9. The number of fused-ring (bicyclic) bond motifs is 6. The molecule has 414 valence electrons. The normalized spacial score (nSPS) is 12.5. The molecule has 13 aromatic rings. The summed E-state index contributed by atoms with van der Waals surface area (Å²) in [6.07, 6.45) is -20.8. The Labute approximate surface area is 469 Å². The van der Waals surface area contributed by atoms with Crippen LogP contribution in [0.1, 0.15) is 22.3 Å². The van der Waals surface area contributed by atoms with Gasteiger partial charge in [-0.2, -0.15) is 52.7 Å². The van der Waals surface area contributed by atoms with Crippen LogP contribution in [0.3, 0.4) is 0 Å². The number of aromatic nitrogens is 5. The SMILES string of the molecule is FC(F)(F)c1ccc(-c2ccc3c(c2)c2cc(-c4ccc(C(F)(F)F)cc4C(F)(F)F)ccc2n3-c2ccc(-c3ccc4c(c3)c3ccccc3n4-c3ccccc3)cc2-c2nc(-c3ccccc3)nc(-c3ccccc3)n2)c(C(F)(F)F)c1. The lowest BCUT2D eigenvalue weighted by molar-refractivity contribution is -0.144. The van der Waals surface area contributed by atoms with Crippen LogP contribution in [0, 0.1) is 0 Å². The summed E-state index contributed by atoms with van der Waals surface area (Å²) in [4.78, 5) is 15.1. The lowest BCUT2D eigenvalue weighted by atomic mass is 9.94. The van der Waals surface area contributed by atoms with Crippen molar-refractivity contribution in [3.05, 3.63) is 247 Å². The van der Waals surface area contributed by atoms with Crippen molar-refractivity contribution in [2.24, 2.45) is 0 Å². The van der Waals surface area contributed by atoms with Gasteiger partial charge < -0.3 is 9.13 Å². The van der Waals surface area contributed by atoms with Gasteiger partial charge in [0.1, 0.15) is 0 Å². The Balaban J connectivity index is 1.10. The Morgan fingerprint density at radius 1 is 0.262 bits per heavy atom. The Kier molecular flexibility index (Phi) is 12.6. The molecule has 0 fully saturated rings. The predicted molar refractivity (Wildman–Crippen MR) is 301 cm³/mol. The number of hydrogen-bond donors (Lipinski definition) is 0. The van der Waals surface area contributed by atoms with Gasteiger partial charge in [-0.1, -0.05) is 133 Å². The molecule has 0 aliphatic carbocycles. The van der Waals surface area contributed by atoms with Gasteiger partial charge in [0, 0.05) is 43.9 Å². The number of halogens is 12. The van der Waals surface area contributed by atoms with Gasteiger partial charge in [-0.05, 0) is 124 Å². The van der Waals surface area contributed by atoms with Gasteiger partial charge in [0.05, 0.1) is 50.0 Å². The first-order valence-electron chi connectivity index (χ1n) is 25.9. The molecule has 0 N–H and O–H groups in total. The fraction of sp³-hybridized carbons (Fsp3) is 0.0597. The van der Waals surface area contributed by atoms with Crippen LogP contribution in [0.5, 0.6) is 0 Å². The fourth-order valence-corrected chi connectivity index (χ4v) is 11.1. The van der Waals surface area contributed by atoms with E-state index in [1.807, 2.05) is 140 Å². The molecule has 0 atom stereocenters. The van der Waals surface area contributed by atoms with Crippen LogP contribution in [0.15, 0.2) is 224 Å². The van der Waals surface area contributed by atoms with Gasteiger partial charge >= 0.3 is 24.7 Å². The standard InChI is InChI=1S/C67H37F12N5/c68-64(69,70)44-24-26-47(54(36-44)66(74,75)76)42-22-30-58-51(34-42)52-35-43(48-27-25-45(65(71,72)73)37-55(48)67(77,78)79)23-31-59(52)84(58)60-29-21-41(40-20-28-57-50(32-40)49-18-10-11-19-56(49)83(57)46-16-8-3-9-17-46)33-53(60)63-81-61(38-12-4-1-5-13-38)80-62(82-63)39-14-6-2-7-15-39/h1-37H. The van der Waals surface area contributed by atoms with Crippen molar-refractivity contribution in [2.45, 2.75) is 24.7 Å². The number of nitrogens with zero attached hydrogens (tertiary/aromatic N) is 5. The van der Waals surface area contributed by atoms with Crippen LogP contribution in [-0.2, 0) is 24.7 Å². The molecule has 84 heavy (non-hydrogen) atoms. The van der Waals surface area contributed by atoms with Crippen LogP contribution >= 0.6 is 0 Å². The molecule has 0 amide bonds. The second-order valence-corrected chi connectivity index (χ2v) is 20.0. The van der Waals surface area contributed by atoms with E-state index in [9.17, 15) is 52.7 Å². The van der Waals surface area contributed by atoms with Gasteiger partial charge in [-0.25, -0.2) is 15.0 Å². The minimum Gasteiger partial charge on any atom is -0.309 e. The average Bonchev–Trinajstić information content (AvgIpc) is 1.67. The molecule has 0 saturated carbocycles. The van der Waals surface area contributed by atoms with Crippen molar-refractivity contribution in [3.8, 4) is 78.9 Å². The maximum absolute atomic E-state index is 14.9. The molecule has 0 unspecified atom stereocenters. The van der Waals surface area contributed by atoms with Crippen LogP contribution in [-0.4, -0.2) is 24.1 Å². The molecule has 0 aliphatic heterocycles. The Hall–Kier alpha value is -10.0. The van der Waals surface area contributed by atoms with Crippen molar-refractivity contribution in [2.75, 3.05) is 0 Å². The molecule has 0 spiro atoms. The van der Waals surface area contributed by atoms with Gasteiger partial charge in [0.15, 0.2) is 17.5 Å². The number of para-hydroxylation sites is 2. The highest BCUT2D eigenvalue weighted by Crippen LogP contribution is 2.47. The van der Waals surface area contributed by atoms with E-state index in [-0.39, 0.29) is 62.5 Å². The largest absolute Gasteiger partial charge is 0.417 e. The zero-order valence-corrected chi connectivity index (χ0v) is 43.1. The third-order valence-corrected chi connectivity index (χ3v) is 14.9. The summed E-state index contributed by atoms with van der Waals surface area (Å²) in [5.41, 5.74) is -1.08. The van der Waals surface area contributed by atoms with E-state index in [0.29, 0.717) is 52.2 Å². The number of hydrogen-bond acceptors (Lipinski definition) is 3. The molecule has 3 heterocycles. The molecular weight excluding hydrogens is 1100 g/mol. The van der Waals surface area contributed by atoms with Crippen molar-refractivity contribution in [1.82, 2.24) is 24.1 Å². The summed E-state index contributed by atoms with van der Waals surface area (Å²) in [7, 11) is 0. The van der Waals surface area contributed by atoms with E-state index in [2.05, 4.69) is 10.6 Å². The highest BCUT2D eigenvalue weighted by atomic mass is 19.4. The second-order valence-electron chi connectivity index (χ2n) is 20.0. The van der Waals surface area contributed by atoms with E-state index in [0.717, 1.165) is 33.1 Å². The zero-order valence-electron chi connectivity index (χ0n) is 43.1. The van der Waals surface area contributed by atoms with E-state index in [1.54, 1.807) is 10.6 Å². The van der Waals surface area contributed by atoms with E-state index in [4.69, 9.17) is 15.0 Å². The van der Waals surface area contributed by atoms with E-state index >= 15 is 0 Å². The van der Waals surface area contributed by atoms with Crippen LogP contribution < -0.4 is 0 Å². The highest BCUT2D eigenvalue weighted by molar-refractivity contribution is 6.13. The molecular formula is C67H37F12N5. The Morgan fingerprint density at radius 3 is 1.15 bits per heavy atom. The molecule has 3 aromatic heterocycles. The number of rotatable bonds is 8. The van der Waals surface area contributed by atoms with Gasteiger partial charge in [-0.15, -0.1) is 0 Å². The molecule has 13 rings (SSSR count). The molecule has 0 aliphatic rings. The highest BCUT2D eigenvalue weighted by Gasteiger charge is 2.40. The summed E-state index contributed by atoms with van der Waals surface area (Å²) in [6.45, 7) is 0. The number of benzene rings is 10. The summed E-state index contributed by atoms with van der Waals surface area (Å²) < 4.78 is 177. The van der Waals surface area contributed by atoms with Crippen LogP contribution in [0.2, 0.25) is 0 Å². The summed E-state index contributed by atoms with van der Waals surface area (Å²) >= 11 is 0. The molecule has 0 saturated heterocycles. The quantitative estimate of drug-likeness (QED) is 0.142. The summed E-state index contributed by atoms with van der Waals surface area (Å²) in [6, 6.07) is 58.4.